The summed E-state index contributed by atoms with van der Waals surface area (Å²) >= 11 is 0. The van der Waals surface area contributed by atoms with Gasteiger partial charge < -0.3 is 10.6 Å². The summed E-state index contributed by atoms with van der Waals surface area (Å²) < 4.78 is 36.6. The quantitative estimate of drug-likeness (QED) is 0.624. The molecule has 0 radical (unpaired) electrons. The van der Waals surface area contributed by atoms with Gasteiger partial charge in [0.25, 0.3) is 0 Å². The van der Waals surface area contributed by atoms with E-state index in [1.807, 2.05) is 31.2 Å². The summed E-state index contributed by atoms with van der Waals surface area (Å²) in [4.78, 5) is 5.27. The normalized spacial score (nSPS) is 12.6. The minimum absolute atomic E-state index is 0.282. The minimum Gasteiger partial charge on any atom is -0.355 e. The summed E-state index contributed by atoms with van der Waals surface area (Å²) in [5, 5.41) is 6.12. The standard InChI is InChI=1S/C15H23F3N4/c1-12-4-6-13(7-5-12)10-21-14(19-2)20-8-9-22(3)11-15(16,17)18/h4-7H,8-11H2,1-3H3,(H2,19,20,21). The fourth-order valence-corrected chi connectivity index (χ4v) is 1.86. The molecule has 0 heterocycles. The Morgan fingerprint density at radius 2 is 1.82 bits per heavy atom. The second-order valence-electron chi connectivity index (χ2n) is 5.19. The first-order valence-electron chi connectivity index (χ1n) is 7.05. The second kappa shape index (κ2) is 8.63. The molecular formula is C15H23F3N4. The first-order chi connectivity index (χ1) is 10.3. The van der Waals surface area contributed by atoms with Crippen molar-refractivity contribution < 1.29 is 13.2 Å². The van der Waals surface area contributed by atoms with E-state index in [9.17, 15) is 13.2 Å². The van der Waals surface area contributed by atoms with Crippen LogP contribution in [0.1, 0.15) is 11.1 Å². The lowest BCUT2D eigenvalue weighted by molar-refractivity contribution is -0.142. The molecule has 0 atom stereocenters. The summed E-state index contributed by atoms with van der Waals surface area (Å²) in [7, 11) is 3.07. The van der Waals surface area contributed by atoms with E-state index in [0.717, 1.165) is 5.56 Å². The lowest BCUT2D eigenvalue weighted by Gasteiger charge is -2.19. The summed E-state index contributed by atoms with van der Waals surface area (Å²) in [6.45, 7) is 2.39. The van der Waals surface area contributed by atoms with Gasteiger partial charge in [-0.1, -0.05) is 29.8 Å². The van der Waals surface area contributed by atoms with Gasteiger partial charge in [0.05, 0.1) is 6.54 Å². The summed E-state index contributed by atoms with van der Waals surface area (Å²) in [6, 6.07) is 8.10. The van der Waals surface area contributed by atoms with Gasteiger partial charge in [-0.05, 0) is 19.5 Å². The van der Waals surface area contributed by atoms with E-state index >= 15 is 0 Å². The molecule has 0 aromatic heterocycles. The van der Waals surface area contributed by atoms with Crippen molar-refractivity contribution in [2.75, 3.05) is 33.7 Å². The SMILES string of the molecule is CN=C(NCCN(C)CC(F)(F)F)NCc1ccc(C)cc1. The molecule has 0 saturated heterocycles. The molecule has 124 valence electrons. The Morgan fingerprint density at radius 3 is 2.36 bits per heavy atom. The molecule has 0 aliphatic heterocycles. The van der Waals surface area contributed by atoms with Gasteiger partial charge in [-0.2, -0.15) is 13.2 Å². The van der Waals surface area contributed by atoms with Crippen molar-refractivity contribution in [3.05, 3.63) is 35.4 Å². The van der Waals surface area contributed by atoms with Gasteiger partial charge in [0.2, 0.25) is 0 Å². The Balaban J connectivity index is 2.29. The number of benzene rings is 1. The van der Waals surface area contributed by atoms with Crippen LogP contribution >= 0.6 is 0 Å². The third-order valence-corrected chi connectivity index (χ3v) is 3.04. The molecule has 2 N–H and O–H groups in total. The second-order valence-corrected chi connectivity index (χ2v) is 5.19. The lowest BCUT2D eigenvalue weighted by atomic mass is 10.1. The molecule has 1 rings (SSSR count). The van der Waals surface area contributed by atoms with Crippen molar-refractivity contribution in [2.45, 2.75) is 19.6 Å². The fraction of sp³-hybridized carbons (Fsp3) is 0.533. The maximum atomic E-state index is 12.2. The average molecular weight is 316 g/mol. The van der Waals surface area contributed by atoms with Crippen LogP contribution in [0.25, 0.3) is 0 Å². The molecule has 1 aromatic carbocycles. The van der Waals surface area contributed by atoms with Crippen LogP contribution in [0, 0.1) is 6.92 Å². The first kappa shape index (κ1) is 18.3. The zero-order chi connectivity index (χ0) is 16.6. The molecule has 0 aliphatic rings. The number of nitrogens with zero attached hydrogens (tertiary/aromatic N) is 2. The van der Waals surface area contributed by atoms with Crippen LogP contribution in [0.15, 0.2) is 29.3 Å². The van der Waals surface area contributed by atoms with Crippen molar-refractivity contribution >= 4 is 5.96 Å². The Labute approximate surface area is 129 Å². The average Bonchev–Trinajstić information content (AvgIpc) is 2.42. The molecule has 7 heteroatoms. The minimum atomic E-state index is -4.17. The zero-order valence-electron chi connectivity index (χ0n) is 13.2. The number of guanidine groups is 1. The summed E-state index contributed by atoms with van der Waals surface area (Å²) in [6.07, 6.45) is -4.17. The number of aryl methyl sites for hydroxylation is 1. The molecule has 0 amide bonds. The number of aliphatic imine (C=N–C) groups is 1. The largest absolute Gasteiger partial charge is 0.401 e. The maximum absolute atomic E-state index is 12.2. The highest BCUT2D eigenvalue weighted by molar-refractivity contribution is 5.79. The van der Waals surface area contributed by atoms with E-state index < -0.39 is 12.7 Å². The highest BCUT2D eigenvalue weighted by atomic mass is 19.4. The van der Waals surface area contributed by atoms with E-state index in [0.29, 0.717) is 19.0 Å². The van der Waals surface area contributed by atoms with Crippen molar-refractivity contribution in [1.82, 2.24) is 15.5 Å². The predicted octanol–water partition coefficient (Wildman–Crippen LogP) is 2.15. The number of likely N-dealkylation sites (N-methyl/N-ethyl adjacent to an activating group) is 1. The van der Waals surface area contributed by atoms with Gasteiger partial charge in [-0.15, -0.1) is 0 Å². The number of hydrogen-bond donors (Lipinski definition) is 2. The molecule has 22 heavy (non-hydrogen) atoms. The summed E-state index contributed by atoms with van der Waals surface area (Å²) in [5.41, 5.74) is 2.31. The van der Waals surface area contributed by atoms with Crippen molar-refractivity contribution in [1.29, 1.82) is 0 Å². The third kappa shape index (κ3) is 7.87. The van der Waals surface area contributed by atoms with Crippen molar-refractivity contribution in [3.8, 4) is 0 Å². The van der Waals surface area contributed by atoms with Crippen LogP contribution in [0.4, 0.5) is 13.2 Å². The number of hydrogen-bond acceptors (Lipinski definition) is 2. The van der Waals surface area contributed by atoms with Crippen LogP contribution in [-0.2, 0) is 6.54 Å². The number of rotatable bonds is 6. The monoisotopic (exact) mass is 316 g/mol. The zero-order valence-corrected chi connectivity index (χ0v) is 13.2. The number of halogens is 3. The Morgan fingerprint density at radius 1 is 1.18 bits per heavy atom. The van der Waals surface area contributed by atoms with Crippen LogP contribution in [0.3, 0.4) is 0 Å². The van der Waals surface area contributed by atoms with E-state index in [2.05, 4.69) is 15.6 Å². The molecule has 0 spiro atoms. The molecule has 0 unspecified atom stereocenters. The highest BCUT2D eigenvalue weighted by Crippen LogP contribution is 2.14. The maximum Gasteiger partial charge on any atom is 0.401 e. The molecule has 0 fully saturated rings. The molecule has 1 aromatic rings. The summed E-state index contributed by atoms with van der Waals surface area (Å²) in [5.74, 6) is 0.570. The van der Waals surface area contributed by atoms with Crippen LogP contribution in [0.2, 0.25) is 0 Å². The van der Waals surface area contributed by atoms with E-state index in [4.69, 9.17) is 0 Å². The number of alkyl halides is 3. The van der Waals surface area contributed by atoms with Gasteiger partial charge in [-0.3, -0.25) is 9.89 Å². The van der Waals surface area contributed by atoms with E-state index in [1.54, 1.807) is 7.05 Å². The van der Waals surface area contributed by atoms with Crippen molar-refractivity contribution in [2.24, 2.45) is 4.99 Å². The highest BCUT2D eigenvalue weighted by Gasteiger charge is 2.28. The Bertz CT molecular complexity index is 469. The number of nitrogens with one attached hydrogen (secondary N) is 2. The van der Waals surface area contributed by atoms with Gasteiger partial charge >= 0.3 is 6.18 Å². The molecule has 4 nitrogen and oxygen atoms in total. The smallest absolute Gasteiger partial charge is 0.355 e. The molecule has 0 aliphatic carbocycles. The van der Waals surface area contributed by atoms with Gasteiger partial charge in [-0.25, -0.2) is 0 Å². The molecule has 0 bridgehead atoms. The van der Waals surface area contributed by atoms with Gasteiger partial charge in [0.15, 0.2) is 5.96 Å². The first-order valence-corrected chi connectivity index (χ1v) is 7.05. The predicted molar refractivity (Wildman–Crippen MR) is 82.9 cm³/mol. The third-order valence-electron chi connectivity index (χ3n) is 3.04. The Kier molecular flexibility index (Phi) is 7.17. The van der Waals surface area contributed by atoms with Gasteiger partial charge in [0.1, 0.15) is 0 Å². The van der Waals surface area contributed by atoms with Crippen LogP contribution in [0.5, 0.6) is 0 Å². The topological polar surface area (TPSA) is 39.7 Å². The van der Waals surface area contributed by atoms with E-state index in [1.165, 1.54) is 17.5 Å². The Hall–Kier alpha value is -1.76. The van der Waals surface area contributed by atoms with Crippen LogP contribution in [-0.4, -0.2) is 50.8 Å². The molecular weight excluding hydrogens is 293 g/mol. The van der Waals surface area contributed by atoms with Gasteiger partial charge in [0, 0.05) is 26.7 Å². The van der Waals surface area contributed by atoms with Crippen molar-refractivity contribution in [3.63, 3.8) is 0 Å². The van der Waals surface area contributed by atoms with E-state index in [-0.39, 0.29) is 6.54 Å². The fourth-order valence-electron chi connectivity index (χ4n) is 1.86. The lowest BCUT2D eigenvalue weighted by Crippen LogP contribution is -2.42. The van der Waals surface area contributed by atoms with Crippen LogP contribution < -0.4 is 10.6 Å². The molecule has 0 saturated carbocycles.